The van der Waals surface area contributed by atoms with Gasteiger partial charge in [-0.05, 0) is 44.2 Å². The number of nitrogens with zero attached hydrogens (tertiary/aromatic N) is 4. The number of thioether (sulfide) groups is 1. The molecule has 1 fully saturated rings. The minimum atomic E-state index is 0.317. The fourth-order valence-corrected chi connectivity index (χ4v) is 5.03. The van der Waals surface area contributed by atoms with E-state index < -0.39 is 0 Å². The summed E-state index contributed by atoms with van der Waals surface area (Å²) in [5, 5.41) is 6.56. The second-order valence-corrected chi connectivity index (χ2v) is 8.98. The third-order valence-corrected chi connectivity index (χ3v) is 6.91. The van der Waals surface area contributed by atoms with E-state index in [1.807, 2.05) is 18.3 Å². The molecule has 1 unspecified atom stereocenters. The summed E-state index contributed by atoms with van der Waals surface area (Å²) in [6.45, 7) is 1.53. The monoisotopic (exact) mass is 416 g/mol. The zero-order valence-electron chi connectivity index (χ0n) is 15.4. The van der Waals surface area contributed by atoms with Gasteiger partial charge >= 0.3 is 0 Å². The van der Waals surface area contributed by atoms with Crippen molar-refractivity contribution in [2.45, 2.75) is 48.4 Å². The Labute approximate surface area is 172 Å². The van der Waals surface area contributed by atoms with Crippen LogP contribution in [-0.4, -0.2) is 38.0 Å². The molecule has 0 saturated carbocycles. The first-order chi connectivity index (χ1) is 13.8. The Hall–Kier alpha value is -1.83. The summed E-state index contributed by atoms with van der Waals surface area (Å²) in [6.07, 6.45) is 10.5. The van der Waals surface area contributed by atoms with E-state index >= 15 is 0 Å². The van der Waals surface area contributed by atoms with Crippen LogP contribution in [0.4, 0.5) is 0 Å². The van der Waals surface area contributed by atoms with Gasteiger partial charge in [0, 0.05) is 41.2 Å². The fourth-order valence-electron chi connectivity index (χ4n) is 3.70. The van der Waals surface area contributed by atoms with Crippen LogP contribution in [-0.2, 0) is 4.74 Å². The van der Waals surface area contributed by atoms with Crippen molar-refractivity contribution in [2.75, 3.05) is 13.2 Å². The van der Waals surface area contributed by atoms with Crippen molar-refractivity contribution in [3.8, 4) is 11.3 Å². The maximum Gasteiger partial charge on any atom is 0.199 e. The summed E-state index contributed by atoms with van der Waals surface area (Å²) in [7, 11) is 0. The molecule has 0 amide bonds. The van der Waals surface area contributed by atoms with Gasteiger partial charge in [-0.15, -0.1) is 0 Å². The van der Waals surface area contributed by atoms with Crippen LogP contribution in [0, 0.1) is 0 Å². The smallest absolute Gasteiger partial charge is 0.199 e. The maximum absolute atomic E-state index is 6.33. The van der Waals surface area contributed by atoms with Gasteiger partial charge in [-0.2, -0.15) is 5.10 Å². The predicted octanol–water partition coefficient (Wildman–Crippen LogP) is 5.05. The van der Waals surface area contributed by atoms with Crippen LogP contribution < -0.4 is 0 Å². The average molecular weight is 417 g/mol. The number of pyridine rings is 1. The quantitative estimate of drug-likeness (QED) is 0.593. The Kier molecular flexibility index (Phi) is 5.13. The van der Waals surface area contributed by atoms with Gasteiger partial charge in [0.1, 0.15) is 12.0 Å². The Morgan fingerprint density at radius 1 is 1.18 bits per heavy atom. The third-order valence-electron chi connectivity index (χ3n) is 5.31. The molecule has 2 aliphatic rings. The lowest BCUT2D eigenvalue weighted by molar-refractivity contribution is 0.0785. The largest absolute Gasteiger partial charge is 0.433 e. The molecule has 1 aliphatic heterocycles. The van der Waals surface area contributed by atoms with Gasteiger partial charge < -0.3 is 9.15 Å². The topological polar surface area (TPSA) is 65.5 Å². The van der Waals surface area contributed by atoms with Crippen molar-refractivity contribution in [2.24, 2.45) is 0 Å². The molecule has 0 N–H and O–H groups in total. The van der Waals surface area contributed by atoms with Crippen molar-refractivity contribution in [3.63, 3.8) is 0 Å². The summed E-state index contributed by atoms with van der Waals surface area (Å²) >= 11 is 7.92. The van der Waals surface area contributed by atoms with Crippen LogP contribution >= 0.6 is 23.4 Å². The summed E-state index contributed by atoms with van der Waals surface area (Å²) < 4.78 is 13.6. The van der Waals surface area contributed by atoms with E-state index in [0.717, 1.165) is 78.2 Å². The molecular formula is C20H21ClN4O2S. The van der Waals surface area contributed by atoms with E-state index in [1.54, 1.807) is 22.6 Å². The summed E-state index contributed by atoms with van der Waals surface area (Å²) in [5.41, 5.74) is 2.70. The van der Waals surface area contributed by atoms with Gasteiger partial charge in [-0.25, -0.2) is 14.5 Å². The van der Waals surface area contributed by atoms with Crippen LogP contribution in [0.25, 0.3) is 16.9 Å². The number of rotatable bonds is 4. The SMILES string of the molecule is ClC1=CCC(Sc2oc(C3CCOCC3)nc2-c2ccc3ncnn3c2)CC1. The van der Waals surface area contributed by atoms with E-state index in [2.05, 4.69) is 16.2 Å². The average Bonchev–Trinajstić information content (AvgIpc) is 3.37. The van der Waals surface area contributed by atoms with Crippen LogP contribution in [0.5, 0.6) is 0 Å². The van der Waals surface area contributed by atoms with Crippen molar-refractivity contribution < 1.29 is 9.15 Å². The van der Waals surface area contributed by atoms with Crippen molar-refractivity contribution in [1.29, 1.82) is 0 Å². The number of aromatic nitrogens is 4. The molecule has 0 radical (unpaired) electrons. The first-order valence-corrected chi connectivity index (χ1v) is 10.9. The van der Waals surface area contributed by atoms with Crippen molar-refractivity contribution >= 4 is 29.0 Å². The maximum atomic E-state index is 6.33. The molecule has 1 atom stereocenters. The highest BCUT2D eigenvalue weighted by Gasteiger charge is 2.27. The van der Waals surface area contributed by atoms with Crippen LogP contribution in [0.2, 0.25) is 0 Å². The second kappa shape index (κ2) is 7.89. The zero-order valence-corrected chi connectivity index (χ0v) is 17.0. The predicted molar refractivity (Wildman–Crippen MR) is 109 cm³/mol. The van der Waals surface area contributed by atoms with E-state index in [9.17, 15) is 0 Å². The van der Waals surface area contributed by atoms with E-state index in [1.165, 1.54) is 0 Å². The number of fused-ring (bicyclic) bond motifs is 1. The molecule has 3 aromatic heterocycles. The number of ether oxygens (including phenoxy) is 1. The molecule has 28 heavy (non-hydrogen) atoms. The minimum absolute atomic E-state index is 0.317. The number of hydrogen-bond donors (Lipinski definition) is 0. The van der Waals surface area contributed by atoms with Crippen LogP contribution in [0.1, 0.15) is 43.9 Å². The number of halogens is 1. The van der Waals surface area contributed by atoms with Gasteiger partial charge in [0.15, 0.2) is 16.6 Å². The van der Waals surface area contributed by atoms with Crippen molar-refractivity contribution in [3.05, 3.63) is 41.7 Å². The molecule has 6 nitrogen and oxygen atoms in total. The Morgan fingerprint density at radius 3 is 2.89 bits per heavy atom. The van der Waals surface area contributed by atoms with E-state index in [4.69, 9.17) is 25.7 Å². The summed E-state index contributed by atoms with van der Waals surface area (Å²) in [4.78, 5) is 9.15. The number of hydrogen-bond acceptors (Lipinski definition) is 6. The van der Waals surface area contributed by atoms with Gasteiger partial charge in [0.05, 0.1) is 0 Å². The first kappa shape index (κ1) is 18.2. The lowest BCUT2D eigenvalue weighted by atomic mass is 10.0. The van der Waals surface area contributed by atoms with Gasteiger partial charge in [-0.1, -0.05) is 29.4 Å². The van der Waals surface area contributed by atoms with Gasteiger partial charge in [0.2, 0.25) is 0 Å². The standard InChI is InChI=1S/C20H21ClN4O2S/c21-15-2-4-16(5-3-15)28-20-18(14-1-6-17-22-12-23-25(17)11-14)24-19(27-20)13-7-9-26-10-8-13/h1-2,6,11-13,16H,3-5,7-10H2. The Bertz CT molecular complexity index is 1010. The molecule has 1 saturated heterocycles. The summed E-state index contributed by atoms with van der Waals surface area (Å²) in [6, 6.07) is 4.00. The van der Waals surface area contributed by atoms with Gasteiger partial charge in [-0.3, -0.25) is 0 Å². The molecule has 5 rings (SSSR count). The minimum Gasteiger partial charge on any atom is -0.433 e. The lowest BCUT2D eigenvalue weighted by Crippen LogP contribution is -2.14. The number of allylic oxidation sites excluding steroid dienone is 2. The molecule has 146 valence electrons. The molecule has 8 heteroatoms. The lowest BCUT2D eigenvalue weighted by Gasteiger charge is -2.19. The van der Waals surface area contributed by atoms with Crippen molar-refractivity contribution in [1.82, 2.24) is 19.6 Å². The van der Waals surface area contributed by atoms with Crippen LogP contribution in [0.15, 0.2) is 45.3 Å². The second-order valence-electron chi connectivity index (χ2n) is 7.22. The highest BCUT2D eigenvalue weighted by atomic mass is 35.5. The first-order valence-electron chi connectivity index (χ1n) is 9.65. The molecule has 0 bridgehead atoms. The number of oxazole rings is 1. The van der Waals surface area contributed by atoms with E-state index in [0.29, 0.717) is 11.2 Å². The molecule has 1 aliphatic carbocycles. The van der Waals surface area contributed by atoms with Crippen LogP contribution in [0.3, 0.4) is 0 Å². The molecule has 0 spiro atoms. The normalized spacial score (nSPS) is 21.2. The summed E-state index contributed by atoms with van der Waals surface area (Å²) in [5.74, 6) is 1.14. The molecule has 3 aromatic rings. The highest BCUT2D eigenvalue weighted by molar-refractivity contribution is 7.99. The molecular weight excluding hydrogens is 396 g/mol. The Morgan fingerprint density at radius 2 is 2.07 bits per heavy atom. The van der Waals surface area contributed by atoms with E-state index in [-0.39, 0.29) is 0 Å². The fraction of sp³-hybridized carbons (Fsp3) is 0.450. The molecule has 4 heterocycles. The third kappa shape index (κ3) is 3.71. The van der Waals surface area contributed by atoms with Gasteiger partial charge in [0.25, 0.3) is 0 Å². The zero-order chi connectivity index (χ0) is 18.9. The molecule has 0 aromatic carbocycles. The highest BCUT2D eigenvalue weighted by Crippen LogP contribution is 2.41. The Balaban J connectivity index is 1.50.